The molecule has 2 aromatic carbocycles. The molecular weight excluding hydrogens is 621 g/mol. The molecule has 0 spiro atoms. The normalized spacial score (nSPS) is 14.3. The second kappa shape index (κ2) is 11.5. The summed E-state index contributed by atoms with van der Waals surface area (Å²) in [6.07, 6.45) is -4.40. The Morgan fingerprint density at radius 1 is 1.05 bits per heavy atom. The number of carbonyl (C=O) groups excluding carboxylic acids is 1. The lowest BCUT2D eigenvalue weighted by Gasteiger charge is -2.35. The molecule has 0 saturated carbocycles. The Hall–Kier alpha value is -3.33. The van der Waals surface area contributed by atoms with E-state index in [2.05, 4.69) is 9.71 Å². The van der Waals surface area contributed by atoms with Crippen molar-refractivity contribution < 1.29 is 31.1 Å². The van der Waals surface area contributed by atoms with Gasteiger partial charge in [0, 0.05) is 43.2 Å². The van der Waals surface area contributed by atoms with Gasteiger partial charge in [-0.25, -0.2) is 13.4 Å². The molecule has 1 saturated heterocycles. The Kier molecular flexibility index (Phi) is 8.19. The lowest BCUT2D eigenvalue weighted by Crippen LogP contribution is -2.49. The Morgan fingerprint density at radius 2 is 1.76 bits per heavy atom. The summed E-state index contributed by atoms with van der Waals surface area (Å²) in [5, 5.41) is 2.48. The number of thiazole rings is 1. The van der Waals surface area contributed by atoms with Gasteiger partial charge in [0.25, 0.3) is 15.9 Å². The fraction of sp³-hybridized carbons (Fsp3) is 0.231. The highest BCUT2D eigenvalue weighted by Gasteiger charge is 2.30. The van der Waals surface area contributed by atoms with Crippen LogP contribution in [-0.4, -0.2) is 57.5 Å². The number of nitrogens with one attached hydrogen (secondary N) is 1. The zero-order chi connectivity index (χ0) is 29.4. The molecule has 1 aliphatic heterocycles. The first-order valence-corrected chi connectivity index (χ1v) is 15.6. The van der Waals surface area contributed by atoms with Crippen LogP contribution in [-0.2, 0) is 16.2 Å². The molecule has 0 unspecified atom stereocenters. The highest BCUT2D eigenvalue weighted by atomic mass is 35.5. The van der Waals surface area contributed by atoms with Crippen LogP contribution in [0.4, 0.5) is 24.0 Å². The number of amides is 1. The summed E-state index contributed by atoms with van der Waals surface area (Å²) >= 11 is 8.18. The molecule has 216 valence electrons. The van der Waals surface area contributed by atoms with Crippen molar-refractivity contribution in [2.75, 3.05) is 42.9 Å². The maximum Gasteiger partial charge on any atom is 0.416 e. The summed E-state index contributed by atoms with van der Waals surface area (Å²) in [4.78, 5) is 21.7. The zero-order valence-corrected chi connectivity index (χ0v) is 24.5. The van der Waals surface area contributed by atoms with E-state index in [0.29, 0.717) is 52.7 Å². The SMILES string of the molecule is COc1ccc(C(=O)N2CCN(c3nc(-c4ccc(C(F)(F)F)cc4)cs3)CC2)c(NS(=O)(=O)c2ccc(Cl)s2)c1. The fourth-order valence-corrected chi connectivity index (χ4v) is 7.64. The Bertz CT molecular complexity index is 1670. The predicted molar refractivity (Wildman–Crippen MR) is 154 cm³/mol. The average Bonchev–Trinajstić information content (AvgIpc) is 3.62. The molecule has 0 aliphatic carbocycles. The molecular formula is C26H22ClF3N4O4S3. The van der Waals surface area contributed by atoms with Gasteiger partial charge in [-0.1, -0.05) is 23.7 Å². The van der Waals surface area contributed by atoms with Gasteiger partial charge in [0.15, 0.2) is 5.13 Å². The van der Waals surface area contributed by atoms with Crippen molar-refractivity contribution in [3.63, 3.8) is 0 Å². The minimum atomic E-state index is -4.40. The van der Waals surface area contributed by atoms with Crippen LogP contribution in [0.1, 0.15) is 15.9 Å². The molecule has 8 nitrogen and oxygen atoms in total. The number of alkyl halides is 3. The zero-order valence-electron chi connectivity index (χ0n) is 21.3. The van der Waals surface area contributed by atoms with Gasteiger partial charge in [-0.2, -0.15) is 13.2 Å². The third-order valence-electron chi connectivity index (χ3n) is 6.35. The summed E-state index contributed by atoms with van der Waals surface area (Å²) in [6, 6.07) is 12.3. The van der Waals surface area contributed by atoms with Crippen LogP contribution in [0.5, 0.6) is 5.75 Å². The van der Waals surface area contributed by atoms with Gasteiger partial charge in [-0.3, -0.25) is 9.52 Å². The number of carbonyl (C=O) groups is 1. The van der Waals surface area contributed by atoms with E-state index in [-0.39, 0.29) is 21.4 Å². The van der Waals surface area contributed by atoms with Gasteiger partial charge in [0.1, 0.15) is 9.96 Å². The van der Waals surface area contributed by atoms with Crippen molar-refractivity contribution in [1.82, 2.24) is 9.88 Å². The molecule has 1 fully saturated rings. The third-order valence-corrected chi connectivity index (χ3v) is 10.3. The molecule has 1 N–H and O–H groups in total. The number of aromatic nitrogens is 1. The predicted octanol–water partition coefficient (Wildman–Crippen LogP) is 6.32. The second-order valence-corrected chi connectivity index (χ2v) is 13.4. The molecule has 4 aromatic rings. The van der Waals surface area contributed by atoms with Crippen LogP contribution in [0.3, 0.4) is 0 Å². The largest absolute Gasteiger partial charge is 0.497 e. The van der Waals surface area contributed by atoms with Crippen LogP contribution in [0.2, 0.25) is 4.34 Å². The average molecular weight is 643 g/mol. The van der Waals surface area contributed by atoms with E-state index in [1.807, 2.05) is 4.90 Å². The smallest absolute Gasteiger partial charge is 0.416 e. The molecule has 41 heavy (non-hydrogen) atoms. The summed E-state index contributed by atoms with van der Waals surface area (Å²) in [7, 11) is -2.55. The number of hydrogen-bond donors (Lipinski definition) is 1. The number of piperazine rings is 1. The first kappa shape index (κ1) is 29.2. The van der Waals surface area contributed by atoms with Gasteiger partial charge in [0.05, 0.1) is 34.0 Å². The topological polar surface area (TPSA) is 91.8 Å². The quantitative estimate of drug-likeness (QED) is 0.254. The first-order valence-electron chi connectivity index (χ1n) is 12.1. The molecule has 1 amide bonds. The molecule has 5 rings (SSSR count). The summed E-state index contributed by atoms with van der Waals surface area (Å²) in [5.74, 6) is 0.0275. The van der Waals surface area contributed by atoms with Crippen molar-refractivity contribution in [2.45, 2.75) is 10.4 Å². The number of thiophene rings is 1. The minimum absolute atomic E-state index is 0.0106. The summed E-state index contributed by atoms with van der Waals surface area (Å²) in [5.41, 5.74) is 0.681. The molecule has 2 aromatic heterocycles. The number of hydrogen-bond acceptors (Lipinski definition) is 8. The lowest BCUT2D eigenvalue weighted by atomic mass is 10.1. The Labute approximate surface area is 247 Å². The van der Waals surface area contributed by atoms with Gasteiger partial charge in [0.2, 0.25) is 0 Å². The number of ether oxygens (including phenoxy) is 1. The van der Waals surface area contributed by atoms with E-state index in [0.717, 1.165) is 23.5 Å². The first-order chi connectivity index (χ1) is 19.4. The van der Waals surface area contributed by atoms with E-state index in [1.54, 1.807) is 16.3 Å². The maximum absolute atomic E-state index is 13.5. The lowest BCUT2D eigenvalue weighted by molar-refractivity contribution is -0.137. The maximum atomic E-state index is 13.5. The minimum Gasteiger partial charge on any atom is -0.497 e. The Morgan fingerprint density at radius 3 is 2.37 bits per heavy atom. The number of benzene rings is 2. The molecule has 15 heteroatoms. The molecule has 0 radical (unpaired) electrons. The number of sulfonamides is 1. The number of nitrogens with zero attached hydrogens (tertiary/aromatic N) is 3. The number of methoxy groups -OCH3 is 1. The van der Waals surface area contributed by atoms with Crippen LogP contribution in [0.25, 0.3) is 11.3 Å². The van der Waals surface area contributed by atoms with Crippen LogP contribution < -0.4 is 14.4 Å². The van der Waals surface area contributed by atoms with Crippen molar-refractivity contribution in [3.8, 4) is 17.0 Å². The van der Waals surface area contributed by atoms with Crippen LogP contribution >= 0.6 is 34.3 Å². The van der Waals surface area contributed by atoms with Crippen LogP contribution in [0, 0.1) is 0 Å². The van der Waals surface area contributed by atoms with Crippen molar-refractivity contribution >= 4 is 61.0 Å². The molecule has 0 bridgehead atoms. The number of halogens is 4. The summed E-state index contributed by atoms with van der Waals surface area (Å²) in [6.45, 7) is 1.65. The molecule has 0 atom stereocenters. The van der Waals surface area contributed by atoms with E-state index < -0.39 is 21.8 Å². The van der Waals surface area contributed by atoms with E-state index in [4.69, 9.17) is 16.3 Å². The standard InChI is InChI=1S/C26H22ClF3N4O4S3/c1-38-18-6-7-19(20(14-18)32-41(36,37)23-9-8-22(27)40-23)24(35)33-10-12-34(13-11-33)25-31-21(15-39-25)16-2-4-17(5-3-16)26(28,29)30/h2-9,14-15,32H,10-13H2,1H3. The van der Waals surface area contributed by atoms with E-state index in [1.165, 1.54) is 54.8 Å². The van der Waals surface area contributed by atoms with E-state index >= 15 is 0 Å². The molecule has 1 aliphatic rings. The van der Waals surface area contributed by atoms with Gasteiger partial charge < -0.3 is 14.5 Å². The number of rotatable bonds is 7. The fourth-order valence-electron chi connectivity index (χ4n) is 4.20. The van der Waals surface area contributed by atoms with Gasteiger partial charge in [-0.05, 0) is 36.4 Å². The third kappa shape index (κ3) is 6.45. The highest BCUT2D eigenvalue weighted by Crippen LogP contribution is 2.34. The van der Waals surface area contributed by atoms with Gasteiger partial charge in [-0.15, -0.1) is 22.7 Å². The number of anilines is 2. The van der Waals surface area contributed by atoms with Crippen LogP contribution in [0.15, 0.2) is 64.2 Å². The van der Waals surface area contributed by atoms with Crippen molar-refractivity contribution in [1.29, 1.82) is 0 Å². The van der Waals surface area contributed by atoms with Gasteiger partial charge >= 0.3 is 6.18 Å². The Balaban J connectivity index is 1.28. The molecule has 3 heterocycles. The van der Waals surface area contributed by atoms with E-state index in [9.17, 15) is 26.4 Å². The van der Waals surface area contributed by atoms with Crippen molar-refractivity contribution in [3.05, 3.63) is 75.4 Å². The summed E-state index contributed by atoms with van der Waals surface area (Å²) < 4.78 is 72.6. The van der Waals surface area contributed by atoms with Crippen molar-refractivity contribution in [2.24, 2.45) is 0 Å². The monoisotopic (exact) mass is 642 g/mol. The highest BCUT2D eigenvalue weighted by molar-refractivity contribution is 7.94. The second-order valence-electron chi connectivity index (χ2n) is 8.95.